The monoisotopic (exact) mass is 225 g/mol. The molecule has 0 bridgehead atoms. The summed E-state index contributed by atoms with van der Waals surface area (Å²) < 4.78 is 5.27. The van der Waals surface area contributed by atoms with E-state index in [1.807, 2.05) is 20.8 Å². The van der Waals surface area contributed by atoms with Gasteiger partial charge in [-0.05, 0) is 33.0 Å². The van der Waals surface area contributed by atoms with E-state index in [0.717, 1.165) is 17.9 Å². The third kappa shape index (κ3) is 3.13. The minimum atomic E-state index is 0.438. The average Bonchev–Trinajstić information content (AvgIpc) is 2.18. The van der Waals surface area contributed by atoms with E-state index in [9.17, 15) is 0 Å². The van der Waals surface area contributed by atoms with Crippen LogP contribution in [0.4, 0.5) is 5.82 Å². The number of aryl methyl sites for hydroxylation is 1. The van der Waals surface area contributed by atoms with E-state index in [-0.39, 0.29) is 0 Å². The lowest BCUT2D eigenvalue weighted by atomic mass is 10.3. The summed E-state index contributed by atoms with van der Waals surface area (Å²) in [5, 5.41) is 3.58. The minimum Gasteiger partial charge on any atom is -0.483 e. The first-order valence-corrected chi connectivity index (χ1v) is 5.34. The zero-order valence-electron chi connectivity index (χ0n) is 9.20. The number of rotatable bonds is 4. The Morgan fingerprint density at radius 3 is 2.87 bits per heavy atom. The van der Waals surface area contributed by atoms with Gasteiger partial charge in [-0.25, -0.2) is 9.97 Å². The van der Waals surface area contributed by atoms with Crippen molar-refractivity contribution in [1.82, 2.24) is 9.97 Å². The molecule has 0 atom stereocenters. The maximum Gasteiger partial charge on any atom is 0.196 e. The summed E-state index contributed by atoms with van der Waals surface area (Å²) >= 11 is 5.12. The summed E-state index contributed by atoms with van der Waals surface area (Å²) in [5.41, 5.74) is 0.749. The van der Waals surface area contributed by atoms with Gasteiger partial charge >= 0.3 is 0 Å². The quantitative estimate of drug-likeness (QED) is 0.793. The zero-order valence-corrected chi connectivity index (χ0v) is 10.0. The van der Waals surface area contributed by atoms with Gasteiger partial charge in [0.1, 0.15) is 11.6 Å². The molecule has 0 unspecified atom stereocenters. The molecule has 0 saturated heterocycles. The molecule has 82 valence electrons. The fourth-order valence-corrected chi connectivity index (χ4v) is 1.40. The van der Waals surface area contributed by atoms with E-state index in [0.29, 0.717) is 17.5 Å². The smallest absolute Gasteiger partial charge is 0.196 e. The molecular weight excluding hydrogens is 210 g/mol. The predicted molar refractivity (Wildman–Crippen MR) is 64.3 cm³/mol. The van der Waals surface area contributed by atoms with Gasteiger partial charge in [0.05, 0.1) is 12.2 Å². The number of hydrogen-bond acceptors (Lipinski definition) is 5. The lowest BCUT2D eigenvalue weighted by molar-refractivity contribution is 0.337. The van der Waals surface area contributed by atoms with Gasteiger partial charge in [-0.1, -0.05) is 0 Å². The van der Waals surface area contributed by atoms with Crippen LogP contribution in [0.5, 0.6) is 0 Å². The molecular formula is C10H15N3OS. The van der Waals surface area contributed by atoms with Gasteiger partial charge in [-0.3, -0.25) is 0 Å². The van der Waals surface area contributed by atoms with Crippen LogP contribution in [0.15, 0.2) is 6.20 Å². The van der Waals surface area contributed by atoms with Crippen molar-refractivity contribution in [1.29, 1.82) is 0 Å². The molecule has 0 spiro atoms. The lowest BCUT2D eigenvalue weighted by Crippen LogP contribution is -2.11. The molecule has 0 aliphatic carbocycles. The van der Waals surface area contributed by atoms with E-state index in [4.69, 9.17) is 17.0 Å². The van der Waals surface area contributed by atoms with Crippen LogP contribution in [0.1, 0.15) is 25.2 Å². The molecule has 0 aliphatic heterocycles. The Bertz CT molecular complexity index is 355. The summed E-state index contributed by atoms with van der Waals surface area (Å²) in [4.78, 5) is 8.38. The second-order valence-corrected chi connectivity index (χ2v) is 3.30. The topological polar surface area (TPSA) is 47.0 Å². The standard InChI is InChI=1S/C10H15N3OS/c1-4-11-9-8(10(15)14-5-2)6-12-7(3)13-9/h6H,4-5H2,1-3H3,(H,11,12,13). The second-order valence-electron chi connectivity index (χ2n) is 2.93. The van der Waals surface area contributed by atoms with Crippen LogP contribution < -0.4 is 5.32 Å². The lowest BCUT2D eigenvalue weighted by Gasteiger charge is -2.10. The van der Waals surface area contributed by atoms with Gasteiger partial charge in [0.25, 0.3) is 0 Å². The van der Waals surface area contributed by atoms with Crippen molar-refractivity contribution in [3.63, 3.8) is 0 Å². The van der Waals surface area contributed by atoms with Crippen molar-refractivity contribution in [3.8, 4) is 0 Å². The Morgan fingerprint density at radius 1 is 1.53 bits per heavy atom. The Labute approximate surface area is 95.1 Å². The van der Waals surface area contributed by atoms with Crippen LogP contribution in [0, 0.1) is 6.92 Å². The molecule has 1 N–H and O–H groups in total. The highest BCUT2D eigenvalue weighted by Gasteiger charge is 2.10. The molecule has 5 heteroatoms. The van der Waals surface area contributed by atoms with Gasteiger partial charge < -0.3 is 10.1 Å². The Morgan fingerprint density at radius 2 is 2.27 bits per heavy atom. The van der Waals surface area contributed by atoms with Crippen molar-refractivity contribution >= 4 is 23.1 Å². The number of nitrogens with one attached hydrogen (secondary N) is 1. The van der Waals surface area contributed by atoms with E-state index < -0.39 is 0 Å². The van der Waals surface area contributed by atoms with Crippen molar-refractivity contribution < 1.29 is 4.74 Å². The molecule has 15 heavy (non-hydrogen) atoms. The van der Waals surface area contributed by atoms with Crippen LogP contribution in [0.2, 0.25) is 0 Å². The summed E-state index contributed by atoms with van der Waals surface area (Å²) in [6.45, 7) is 7.09. The maximum atomic E-state index is 5.27. The molecule has 1 aromatic heterocycles. The van der Waals surface area contributed by atoms with Crippen LogP contribution in [0.25, 0.3) is 0 Å². The normalized spacial score (nSPS) is 9.80. The molecule has 1 rings (SSSR count). The van der Waals surface area contributed by atoms with E-state index in [2.05, 4.69) is 15.3 Å². The Hall–Kier alpha value is -1.23. The number of aromatic nitrogens is 2. The summed E-state index contributed by atoms with van der Waals surface area (Å²) in [7, 11) is 0. The largest absolute Gasteiger partial charge is 0.483 e. The number of thiocarbonyl (C=S) groups is 1. The Kier molecular flexibility index (Phi) is 4.42. The molecule has 1 heterocycles. The molecule has 1 aromatic rings. The van der Waals surface area contributed by atoms with Crippen molar-refractivity contribution in [2.24, 2.45) is 0 Å². The number of nitrogens with zero attached hydrogens (tertiary/aromatic N) is 2. The highest BCUT2D eigenvalue weighted by Crippen LogP contribution is 2.13. The second kappa shape index (κ2) is 5.60. The molecule has 0 aliphatic rings. The zero-order chi connectivity index (χ0) is 11.3. The fraction of sp³-hybridized carbons (Fsp3) is 0.500. The first-order chi connectivity index (χ1) is 7.19. The van der Waals surface area contributed by atoms with Crippen LogP contribution in [-0.2, 0) is 4.74 Å². The highest BCUT2D eigenvalue weighted by atomic mass is 32.1. The minimum absolute atomic E-state index is 0.438. The first-order valence-electron chi connectivity index (χ1n) is 4.93. The van der Waals surface area contributed by atoms with Gasteiger partial charge in [0.15, 0.2) is 5.05 Å². The van der Waals surface area contributed by atoms with Crippen molar-refractivity contribution in [2.75, 3.05) is 18.5 Å². The molecule has 0 saturated carbocycles. The molecule has 0 radical (unpaired) electrons. The molecule has 0 amide bonds. The summed E-state index contributed by atoms with van der Waals surface area (Å²) in [6.07, 6.45) is 1.69. The maximum absolute atomic E-state index is 5.27. The van der Waals surface area contributed by atoms with Gasteiger partial charge in [-0.15, -0.1) is 0 Å². The third-order valence-corrected chi connectivity index (χ3v) is 2.09. The van der Waals surface area contributed by atoms with E-state index >= 15 is 0 Å². The molecule has 0 fully saturated rings. The number of ether oxygens (including phenoxy) is 1. The van der Waals surface area contributed by atoms with Crippen LogP contribution in [0.3, 0.4) is 0 Å². The summed E-state index contributed by atoms with van der Waals surface area (Å²) in [5.74, 6) is 1.46. The van der Waals surface area contributed by atoms with Crippen LogP contribution >= 0.6 is 12.2 Å². The Balaban J connectivity index is 2.99. The number of hydrogen-bond donors (Lipinski definition) is 1. The predicted octanol–water partition coefficient (Wildman–Crippen LogP) is 1.93. The van der Waals surface area contributed by atoms with Gasteiger partial charge in [-0.2, -0.15) is 0 Å². The summed E-state index contributed by atoms with van der Waals surface area (Å²) in [6, 6.07) is 0. The third-order valence-electron chi connectivity index (χ3n) is 1.75. The highest BCUT2D eigenvalue weighted by molar-refractivity contribution is 7.80. The van der Waals surface area contributed by atoms with Gasteiger partial charge in [0.2, 0.25) is 0 Å². The average molecular weight is 225 g/mol. The van der Waals surface area contributed by atoms with E-state index in [1.54, 1.807) is 6.20 Å². The molecule has 4 nitrogen and oxygen atoms in total. The van der Waals surface area contributed by atoms with Crippen molar-refractivity contribution in [2.45, 2.75) is 20.8 Å². The first kappa shape index (κ1) is 11.8. The SMILES string of the molecule is CCNc1nc(C)ncc1C(=S)OCC. The van der Waals surface area contributed by atoms with Gasteiger partial charge in [0, 0.05) is 12.7 Å². The van der Waals surface area contributed by atoms with E-state index in [1.165, 1.54) is 0 Å². The fourth-order valence-electron chi connectivity index (χ4n) is 1.13. The molecule has 0 aromatic carbocycles. The van der Waals surface area contributed by atoms with Crippen LogP contribution in [-0.4, -0.2) is 28.2 Å². The van der Waals surface area contributed by atoms with Crippen molar-refractivity contribution in [3.05, 3.63) is 17.6 Å². The number of anilines is 1.